The van der Waals surface area contributed by atoms with E-state index in [1.54, 1.807) is 11.0 Å². The lowest BCUT2D eigenvalue weighted by molar-refractivity contribution is -0.139. The average Bonchev–Trinajstić information content (AvgIpc) is 3.16. The van der Waals surface area contributed by atoms with E-state index in [0.29, 0.717) is 13.2 Å². The van der Waals surface area contributed by atoms with Gasteiger partial charge in [-0.25, -0.2) is 9.67 Å². The third kappa shape index (κ3) is 4.64. The molecular weight excluding hydrogens is 318 g/mol. The molecule has 1 N–H and O–H groups in total. The van der Waals surface area contributed by atoms with Crippen LogP contribution in [0.2, 0.25) is 0 Å². The van der Waals surface area contributed by atoms with Crippen molar-refractivity contribution < 1.29 is 9.53 Å². The molecule has 0 aliphatic carbocycles. The molecule has 1 aliphatic heterocycles. The van der Waals surface area contributed by atoms with E-state index >= 15 is 0 Å². The number of rotatable bonds is 6. The predicted octanol–water partition coefficient (Wildman–Crippen LogP) is 1.24. The number of hydrogen-bond acceptors (Lipinski definition) is 5. The van der Waals surface area contributed by atoms with Gasteiger partial charge >= 0.3 is 0 Å². The summed E-state index contributed by atoms with van der Waals surface area (Å²) in [4.78, 5) is 18.8. The quantitative estimate of drug-likeness (QED) is 0.854. The molecule has 2 heterocycles. The number of morpholine rings is 1. The van der Waals surface area contributed by atoms with E-state index in [-0.39, 0.29) is 18.0 Å². The van der Waals surface area contributed by atoms with Gasteiger partial charge in [0, 0.05) is 25.7 Å². The van der Waals surface area contributed by atoms with E-state index in [1.807, 2.05) is 32.0 Å². The summed E-state index contributed by atoms with van der Waals surface area (Å²) in [5, 5.41) is 7.17. The molecule has 0 radical (unpaired) electrons. The van der Waals surface area contributed by atoms with Gasteiger partial charge in [-0.3, -0.25) is 9.69 Å². The fraction of sp³-hybridized carbons (Fsp3) is 0.500. The lowest BCUT2D eigenvalue weighted by Crippen LogP contribution is -2.52. The molecule has 1 aromatic carbocycles. The summed E-state index contributed by atoms with van der Waals surface area (Å²) < 4.78 is 7.43. The molecule has 0 unspecified atom stereocenters. The SMILES string of the molecule is C[C@H](NC(=O)[C@@H]1CN(Cc2ccccc2)CCO1)[C@H](C)n1cncn1. The van der Waals surface area contributed by atoms with Crippen LogP contribution in [0, 0.1) is 0 Å². The number of benzene rings is 1. The van der Waals surface area contributed by atoms with Crippen LogP contribution < -0.4 is 5.32 Å². The number of carbonyl (C=O) groups excluding carboxylic acids is 1. The molecule has 2 aromatic rings. The highest BCUT2D eigenvalue weighted by atomic mass is 16.5. The molecule has 3 rings (SSSR count). The third-order valence-electron chi connectivity index (χ3n) is 4.64. The highest BCUT2D eigenvalue weighted by molar-refractivity contribution is 5.81. The number of nitrogens with zero attached hydrogens (tertiary/aromatic N) is 4. The van der Waals surface area contributed by atoms with Gasteiger partial charge in [0.15, 0.2) is 0 Å². The fourth-order valence-corrected chi connectivity index (χ4v) is 2.94. The second-order valence-electron chi connectivity index (χ2n) is 6.49. The number of carbonyl (C=O) groups is 1. The van der Waals surface area contributed by atoms with Crippen molar-refractivity contribution in [3.05, 3.63) is 48.5 Å². The molecule has 0 bridgehead atoms. The summed E-state index contributed by atoms with van der Waals surface area (Å²) in [5.74, 6) is -0.0720. The van der Waals surface area contributed by atoms with Gasteiger partial charge in [0.25, 0.3) is 5.91 Å². The van der Waals surface area contributed by atoms with Gasteiger partial charge < -0.3 is 10.1 Å². The molecule has 25 heavy (non-hydrogen) atoms. The predicted molar refractivity (Wildman–Crippen MR) is 93.8 cm³/mol. The molecule has 1 aliphatic rings. The van der Waals surface area contributed by atoms with Crippen molar-refractivity contribution >= 4 is 5.91 Å². The Balaban J connectivity index is 1.53. The van der Waals surface area contributed by atoms with Gasteiger partial charge in [-0.1, -0.05) is 30.3 Å². The first kappa shape index (κ1) is 17.6. The first-order valence-corrected chi connectivity index (χ1v) is 8.66. The van der Waals surface area contributed by atoms with E-state index in [2.05, 4.69) is 32.4 Å². The maximum absolute atomic E-state index is 12.6. The number of nitrogens with one attached hydrogen (secondary N) is 1. The van der Waals surface area contributed by atoms with Crippen LogP contribution in [-0.4, -0.2) is 57.4 Å². The van der Waals surface area contributed by atoms with E-state index in [1.165, 1.54) is 11.9 Å². The maximum Gasteiger partial charge on any atom is 0.250 e. The second kappa shape index (κ2) is 8.22. The number of aromatic nitrogens is 3. The molecule has 0 saturated carbocycles. The van der Waals surface area contributed by atoms with Gasteiger partial charge in [-0.2, -0.15) is 5.10 Å². The minimum Gasteiger partial charge on any atom is -0.366 e. The van der Waals surface area contributed by atoms with Crippen molar-refractivity contribution in [1.29, 1.82) is 0 Å². The molecule has 1 fully saturated rings. The smallest absolute Gasteiger partial charge is 0.250 e. The average molecular weight is 343 g/mol. The molecule has 1 aromatic heterocycles. The van der Waals surface area contributed by atoms with Crippen molar-refractivity contribution in [2.45, 2.75) is 38.6 Å². The van der Waals surface area contributed by atoms with Crippen LogP contribution in [0.4, 0.5) is 0 Å². The van der Waals surface area contributed by atoms with Crippen LogP contribution in [0.5, 0.6) is 0 Å². The highest BCUT2D eigenvalue weighted by Crippen LogP contribution is 2.13. The Bertz CT molecular complexity index is 661. The van der Waals surface area contributed by atoms with Gasteiger partial charge in [-0.15, -0.1) is 0 Å². The Morgan fingerprint density at radius 2 is 2.16 bits per heavy atom. The fourth-order valence-electron chi connectivity index (χ4n) is 2.94. The number of ether oxygens (including phenoxy) is 1. The zero-order chi connectivity index (χ0) is 17.6. The van der Waals surface area contributed by atoms with Crippen LogP contribution in [0.15, 0.2) is 43.0 Å². The first-order chi connectivity index (χ1) is 12.1. The topological polar surface area (TPSA) is 72.3 Å². The second-order valence-corrected chi connectivity index (χ2v) is 6.49. The lowest BCUT2D eigenvalue weighted by atomic mass is 10.1. The van der Waals surface area contributed by atoms with Crippen LogP contribution in [0.3, 0.4) is 0 Å². The largest absolute Gasteiger partial charge is 0.366 e. The standard InChI is InChI=1S/C18H25N5O2/c1-14(15(2)23-13-19-12-20-23)21-18(24)17-11-22(8-9-25-17)10-16-6-4-3-5-7-16/h3-7,12-15,17H,8-11H2,1-2H3,(H,21,24)/t14-,15-,17-/m0/s1. The number of hydrogen-bond donors (Lipinski definition) is 1. The first-order valence-electron chi connectivity index (χ1n) is 8.66. The van der Waals surface area contributed by atoms with Crippen molar-refractivity contribution in [2.24, 2.45) is 0 Å². The molecule has 0 spiro atoms. The Hall–Kier alpha value is -2.25. The van der Waals surface area contributed by atoms with Crippen LogP contribution in [0.1, 0.15) is 25.5 Å². The van der Waals surface area contributed by atoms with Crippen LogP contribution in [-0.2, 0) is 16.1 Å². The zero-order valence-corrected chi connectivity index (χ0v) is 14.7. The van der Waals surface area contributed by atoms with Crippen molar-refractivity contribution in [3.63, 3.8) is 0 Å². The van der Waals surface area contributed by atoms with E-state index in [9.17, 15) is 4.79 Å². The minimum atomic E-state index is -0.442. The molecule has 7 heteroatoms. The molecule has 1 saturated heterocycles. The van der Waals surface area contributed by atoms with Crippen molar-refractivity contribution in [3.8, 4) is 0 Å². The van der Waals surface area contributed by atoms with Gasteiger partial charge in [0.1, 0.15) is 18.8 Å². The summed E-state index contributed by atoms with van der Waals surface area (Å²) in [5.41, 5.74) is 1.25. The third-order valence-corrected chi connectivity index (χ3v) is 4.64. The van der Waals surface area contributed by atoms with Crippen molar-refractivity contribution in [2.75, 3.05) is 19.7 Å². The normalized spacial score (nSPS) is 20.8. The van der Waals surface area contributed by atoms with Crippen LogP contribution >= 0.6 is 0 Å². The zero-order valence-electron chi connectivity index (χ0n) is 14.7. The summed E-state index contributed by atoms with van der Waals surface area (Å²) in [6, 6.07) is 10.2. The summed E-state index contributed by atoms with van der Waals surface area (Å²) in [6.07, 6.45) is 2.71. The minimum absolute atomic E-state index is 0.0236. The molecular formula is C18H25N5O2. The molecule has 1 amide bonds. The molecule has 3 atom stereocenters. The van der Waals surface area contributed by atoms with Crippen molar-refractivity contribution in [1.82, 2.24) is 25.0 Å². The van der Waals surface area contributed by atoms with Gasteiger partial charge in [-0.05, 0) is 19.4 Å². The Morgan fingerprint density at radius 1 is 1.36 bits per heavy atom. The highest BCUT2D eigenvalue weighted by Gasteiger charge is 2.28. The lowest BCUT2D eigenvalue weighted by Gasteiger charge is -2.33. The van der Waals surface area contributed by atoms with E-state index in [0.717, 1.165) is 13.1 Å². The summed E-state index contributed by atoms with van der Waals surface area (Å²) in [7, 11) is 0. The number of amides is 1. The summed E-state index contributed by atoms with van der Waals surface area (Å²) >= 11 is 0. The van der Waals surface area contributed by atoms with Crippen LogP contribution in [0.25, 0.3) is 0 Å². The monoisotopic (exact) mass is 343 g/mol. The summed E-state index contributed by atoms with van der Waals surface area (Å²) in [6.45, 7) is 6.81. The maximum atomic E-state index is 12.6. The Kier molecular flexibility index (Phi) is 5.78. The Labute approximate surface area is 148 Å². The van der Waals surface area contributed by atoms with Gasteiger partial charge in [0.05, 0.1) is 12.6 Å². The molecule has 7 nitrogen and oxygen atoms in total. The van der Waals surface area contributed by atoms with E-state index in [4.69, 9.17) is 4.74 Å². The molecule has 134 valence electrons. The Morgan fingerprint density at radius 3 is 2.88 bits per heavy atom. The van der Waals surface area contributed by atoms with E-state index < -0.39 is 6.10 Å². The van der Waals surface area contributed by atoms with Gasteiger partial charge in [0.2, 0.25) is 0 Å².